The van der Waals surface area contributed by atoms with E-state index in [1.54, 1.807) is 19.2 Å². The lowest BCUT2D eigenvalue weighted by atomic mass is 10.2. The van der Waals surface area contributed by atoms with Gasteiger partial charge in [0.15, 0.2) is 5.96 Å². The first kappa shape index (κ1) is 21.9. The molecule has 0 saturated heterocycles. The lowest BCUT2D eigenvalue weighted by Gasteiger charge is -2.15. The second-order valence-electron chi connectivity index (χ2n) is 7.11. The van der Waals surface area contributed by atoms with E-state index in [9.17, 15) is 13.2 Å². The average Bonchev–Trinajstić information content (AvgIpc) is 2.93. The van der Waals surface area contributed by atoms with Gasteiger partial charge in [-0.1, -0.05) is 24.6 Å². The van der Waals surface area contributed by atoms with Crippen LogP contribution in [0.1, 0.15) is 42.9 Å². The number of aliphatic imine (C=N–C) groups is 1. The molecule has 1 aromatic heterocycles. The van der Waals surface area contributed by atoms with Crippen LogP contribution in [0.15, 0.2) is 29.3 Å². The molecule has 3 rings (SSSR count). The minimum Gasteiger partial charge on any atom is -0.405 e. The van der Waals surface area contributed by atoms with Gasteiger partial charge in [-0.3, -0.25) is 4.99 Å². The standard InChI is InChI=1S/C20H27F3N6O/c1-24-19(26-14-15-8-4-5-9-16(15)30-20(21,22)23)25-12-7-11-18-28-27-17-10-3-2-6-13-29(17)18/h4-5,8-9H,2-3,6-7,10-14H2,1H3,(H2,24,25,26). The van der Waals surface area contributed by atoms with E-state index in [0.717, 1.165) is 43.9 Å². The third-order valence-electron chi connectivity index (χ3n) is 4.92. The number of halogens is 3. The topological polar surface area (TPSA) is 76.4 Å². The fraction of sp³-hybridized carbons (Fsp3) is 0.550. The van der Waals surface area contributed by atoms with E-state index in [-0.39, 0.29) is 12.3 Å². The lowest BCUT2D eigenvalue weighted by molar-refractivity contribution is -0.274. The quantitative estimate of drug-likeness (QED) is 0.406. The van der Waals surface area contributed by atoms with Crippen LogP contribution < -0.4 is 15.4 Å². The number of ether oxygens (including phenoxy) is 1. The molecule has 0 bridgehead atoms. The molecule has 164 valence electrons. The van der Waals surface area contributed by atoms with Crippen molar-refractivity contribution >= 4 is 5.96 Å². The summed E-state index contributed by atoms with van der Waals surface area (Å²) in [6.45, 7) is 1.79. The SMILES string of the molecule is CN=C(NCCCc1nnc2n1CCCCC2)NCc1ccccc1OC(F)(F)F. The second kappa shape index (κ2) is 10.3. The Morgan fingerprint density at radius 1 is 1.17 bits per heavy atom. The smallest absolute Gasteiger partial charge is 0.405 e. The van der Waals surface area contributed by atoms with Crippen molar-refractivity contribution < 1.29 is 17.9 Å². The van der Waals surface area contributed by atoms with E-state index in [1.807, 2.05) is 0 Å². The number of hydrogen-bond acceptors (Lipinski definition) is 4. The highest BCUT2D eigenvalue weighted by atomic mass is 19.4. The van der Waals surface area contributed by atoms with Gasteiger partial charge in [0.1, 0.15) is 17.4 Å². The molecule has 1 aliphatic heterocycles. The van der Waals surface area contributed by atoms with E-state index in [4.69, 9.17) is 0 Å². The molecule has 0 amide bonds. The summed E-state index contributed by atoms with van der Waals surface area (Å²) in [7, 11) is 1.62. The predicted octanol–water partition coefficient (Wildman–Crippen LogP) is 3.20. The molecule has 1 aliphatic rings. The van der Waals surface area contributed by atoms with Gasteiger partial charge in [0.25, 0.3) is 0 Å². The van der Waals surface area contributed by atoms with Crippen molar-refractivity contribution in [3.63, 3.8) is 0 Å². The Bertz CT molecular complexity index is 849. The first-order valence-electron chi connectivity index (χ1n) is 10.2. The highest BCUT2D eigenvalue weighted by Gasteiger charge is 2.31. The molecule has 0 fully saturated rings. The average molecular weight is 424 g/mol. The first-order chi connectivity index (χ1) is 14.5. The number of para-hydroxylation sites is 1. The van der Waals surface area contributed by atoms with Gasteiger partial charge < -0.3 is 19.9 Å². The minimum atomic E-state index is -4.73. The Balaban J connectivity index is 1.46. The summed E-state index contributed by atoms with van der Waals surface area (Å²) in [4.78, 5) is 4.12. The highest BCUT2D eigenvalue weighted by molar-refractivity contribution is 5.79. The molecule has 0 atom stereocenters. The zero-order valence-electron chi connectivity index (χ0n) is 17.0. The van der Waals surface area contributed by atoms with Gasteiger partial charge in [0.2, 0.25) is 0 Å². The van der Waals surface area contributed by atoms with Crippen molar-refractivity contribution in [1.29, 1.82) is 0 Å². The summed E-state index contributed by atoms with van der Waals surface area (Å²) in [6.07, 6.45) is 1.46. The van der Waals surface area contributed by atoms with Crippen LogP contribution >= 0.6 is 0 Å². The normalized spacial score (nSPS) is 14.7. The fourth-order valence-electron chi connectivity index (χ4n) is 3.46. The largest absolute Gasteiger partial charge is 0.573 e. The molecule has 2 heterocycles. The van der Waals surface area contributed by atoms with Crippen molar-refractivity contribution in [2.24, 2.45) is 4.99 Å². The van der Waals surface area contributed by atoms with Gasteiger partial charge in [-0.15, -0.1) is 23.4 Å². The van der Waals surface area contributed by atoms with E-state index in [2.05, 4.69) is 35.1 Å². The summed E-state index contributed by atoms with van der Waals surface area (Å²) in [5.74, 6) is 2.37. The Kier molecular flexibility index (Phi) is 7.53. The fourth-order valence-corrected chi connectivity index (χ4v) is 3.46. The van der Waals surface area contributed by atoms with Crippen LogP contribution in [0.25, 0.3) is 0 Å². The number of hydrogen-bond donors (Lipinski definition) is 2. The van der Waals surface area contributed by atoms with Crippen LogP contribution in [0.4, 0.5) is 13.2 Å². The number of aryl methyl sites for hydroxylation is 2. The molecule has 2 aromatic rings. The molecule has 30 heavy (non-hydrogen) atoms. The van der Waals surface area contributed by atoms with Crippen LogP contribution in [-0.4, -0.2) is 40.7 Å². The van der Waals surface area contributed by atoms with Crippen molar-refractivity contribution in [3.8, 4) is 5.75 Å². The number of fused-ring (bicyclic) bond motifs is 1. The van der Waals surface area contributed by atoms with E-state index >= 15 is 0 Å². The number of guanidine groups is 1. The van der Waals surface area contributed by atoms with Crippen molar-refractivity contribution in [2.75, 3.05) is 13.6 Å². The van der Waals surface area contributed by atoms with Gasteiger partial charge in [-0.05, 0) is 25.3 Å². The molecule has 0 spiro atoms. The Morgan fingerprint density at radius 2 is 2.00 bits per heavy atom. The Hall–Kier alpha value is -2.78. The van der Waals surface area contributed by atoms with E-state index in [1.165, 1.54) is 25.0 Å². The van der Waals surface area contributed by atoms with Gasteiger partial charge >= 0.3 is 6.36 Å². The Morgan fingerprint density at radius 3 is 2.80 bits per heavy atom. The molecule has 2 N–H and O–H groups in total. The van der Waals surface area contributed by atoms with Crippen LogP contribution in [0.2, 0.25) is 0 Å². The van der Waals surface area contributed by atoms with Crippen LogP contribution in [0.5, 0.6) is 5.75 Å². The maximum atomic E-state index is 12.5. The number of benzene rings is 1. The molecule has 0 unspecified atom stereocenters. The second-order valence-corrected chi connectivity index (χ2v) is 7.11. The third kappa shape index (κ3) is 6.36. The number of alkyl halides is 3. The number of nitrogens with one attached hydrogen (secondary N) is 2. The maximum absolute atomic E-state index is 12.5. The van der Waals surface area contributed by atoms with Crippen LogP contribution in [0, 0.1) is 0 Å². The summed E-state index contributed by atoms with van der Waals surface area (Å²) in [5.41, 5.74) is 0.393. The van der Waals surface area contributed by atoms with Crippen molar-refractivity contribution in [1.82, 2.24) is 25.4 Å². The lowest BCUT2D eigenvalue weighted by Crippen LogP contribution is -2.37. The number of nitrogens with zero attached hydrogens (tertiary/aromatic N) is 4. The molecule has 0 saturated carbocycles. The summed E-state index contributed by atoms with van der Waals surface area (Å²) in [6, 6.07) is 6.04. The van der Waals surface area contributed by atoms with Crippen LogP contribution in [0.3, 0.4) is 0 Å². The van der Waals surface area contributed by atoms with Gasteiger partial charge in [0.05, 0.1) is 0 Å². The third-order valence-corrected chi connectivity index (χ3v) is 4.92. The van der Waals surface area contributed by atoms with Gasteiger partial charge in [-0.25, -0.2) is 0 Å². The maximum Gasteiger partial charge on any atom is 0.573 e. The summed E-state index contributed by atoms with van der Waals surface area (Å²) < 4.78 is 44.0. The van der Waals surface area contributed by atoms with E-state index in [0.29, 0.717) is 18.1 Å². The number of rotatable bonds is 7. The van der Waals surface area contributed by atoms with Crippen LogP contribution in [-0.2, 0) is 25.9 Å². The highest BCUT2D eigenvalue weighted by Crippen LogP contribution is 2.26. The molecule has 10 heteroatoms. The zero-order chi connectivity index (χ0) is 21.4. The van der Waals surface area contributed by atoms with Gasteiger partial charge in [-0.2, -0.15) is 0 Å². The molecule has 0 aliphatic carbocycles. The van der Waals surface area contributed by atoms with E-state index < -0.39 is 6.36 Å². The van der Waals surface area contributed by atoms with Crippen molar-refractivity contribution in [3.05, 3.63) is 41.5 Å². The Labute approximate surface area is 173 Å². The molecular weight excluding hydrogens is 397 g/mol. The molecular formula is C20H27F3N6O. The minimum absolute atomic E-state index is 0.156. The summed E-state index contributed by atoms with van der Waals surface area (Å²) in [5, 5.41) is 14.8. The molecule has 0 radical (unpaired) electrons. The van der Waals surface area contributed by atoms with Crippen molar-refractivity contribution in [2.45, 2.75) is 58.0 Å². The molecule has 1 aromatic carbocycles. The molecule has 7 nitrogen and oxygen atoms in total. The zero-order valence-corrected chi connectivity index (χ0v) is 17.0. The van der Waals surface area contributed by atoms with Gasteiger partial charge in [0, 0.05) is 45.1 Å². The number of aromatic nitrogens is 3. The first-order valence-corrected chi connectivity index (χ1v) is 10.2. The summed E-state index contributed by atoms with van der Waals surface area (Å²) >= 11 is 0. The monoisotopic (exact) mass is 424 g/mol. The predicted molar refractivity (Wildman–Crippen MR) is 107 cm³/mol.